The number of nitrogens with one attached hydrogen (secondary N) is 1. The molecule has 0 fully saturated rings. The fraction of sp³-hybridized carbons (Fsp3) is 0.625. The van der Waals surface area contributed by atoms with Gasteiger partial charge in [0.25, 0.3) is 0 Å². The van der Waals surface area contributed by atoms with E-state index >= 15 is 0 Å². The van der Waals surface area contributed by atoms with Crippen molar-refractivity contribution >= 4 is 21.6 Å². The first-order chi connectivity index (χ1) is 10.1. The molecule has 0 amide bonds. The Kier molecular flexibility index (Phi) is 9.04. The first-order valence-corrected chi connectivity index (χ1v) is 10.5. The van der Waals surface area contributed by atoms with Gasteiger partial charge in [0.15, 0.2) is 0 Å². The summed E-state index contributed by atoms with van der Waals surface area (Å²) in [5.74, 6) is 1.54. The molecule has 3 nitrogen and oxygen atoms in total. The Morgan fingerprint density at radius 2 is 1.90 bits per heavy atom. The number of benzene rings is 1. The van der Waals surface area contributed by atoms with Crippen LogP contribution in [0.4, 0.5) is 0 Å². The van der Waals surface area contributed by atoms with Crippen LogP contribution in [0.3, 0.4) is 0 Å². The van der Waals surface area contributed by atoms with E-state index in [0.717, 1.165) is 31.6 Å². The first-order valence-electron chi connectivity index (χ1n) is 7.69. The number of sulfone groups is 1. The highest BCUT2D eigenvalue weighted by Gasteiger charge is 2.12. The van der Waals surface area contributed by atoms with E-state index in [0.29, 0.717) is 11.8 Å². The molecule has 0 saturated carbocycles. The fourth-order valence-corrected chi connectivity index (χ4v) is 3.92. The SMILES string of the molecule is CCCNC(CCCS(=O)(=O)CC)CSc1ccccc1. The van der Waals surface area contributed by atoms with Gasteiger partial charge in [-0.05, 0) is 37.9 Å². The van der Waals surface area contributed by atoms with Gasteiger partial charge in [-0.2, -0.15) is 0 Å². The van der Waals surface area contributed by atoms with Crippen LogP contribution >= 0.6 is 11.8 Å². The smallest absolute Gasteiger partial charge is 0.150 e. The van der Waals surface area contributed by atoms with Crippen LogP contribution in [0.2, 0.25) is 0 Å². The van der Waals surface area contributed by atoms with Gasteiger partial charge in [-0.3, -0.25) is 0 Å². The third-order valence-corrected chi connectivity index (χ3v) is 6.29. The van der Waals surface area contributed by atoms with Crippen molar-refractivity contribution in [3.05, 3.63) is 30.3 Å². The molecule has 1 rings (SSSR count). The summed E-state index contributed by atoms with van der Waals surface area (Å²) in [6.07, 6.45) is 2.76. The maximum absolute atomic E-state index is 11.5. The molecule has 0 aliphatic rings. The van der Waals surface area contributed by atoms with Gasteiger partial charge in [0, 0.05) is 22.4 Å². The maximum atomic E-state index is 11.5. The molecule has 1 aromatic carbocycles. The van der Waals surface area contributed by atoms with E-state index in [9.17, 15) is 8.42 Å². The molecule has 0 aromatic heterocycles. The average Bonchev–Trinajstić information content (AvgIpc) is 2.50. The standard InChI is InChI=1S/C16H27NO2S2/c1-3-12-17-15(9-8-13-21(18,19)4-2)14-20-16-10-6-5-7-11-16/h5-7,10-11,15,17H,3-4,8-9,12-14H2,1-2H3. The molecule has 0 bridgehead atoms. The third-order valence-electron chi connectivity index (χ3n) is 3.33. The van der Waals surface area contributed by atoms with Crippen molar-refractivity contribution in [3.8, 4) is 0 Å². The Morgan fingerprint density at radius 3 is 2.52 bits per heavy atom. The Hall–Kier alpha value is -0.520. The van der Waals surface area contributed by atoms with Gasteiger partial charge < -0.3 is 5.32 Å². The van der Waals surface area contributed by atoms with Crippen LogP contribution in [0.5, 0.6) is 0 Å². The van der Waals surface area contributed by atoms with Crippen molar-refractivity contribution in [3.63, 3.8) is 0 Å². The molecule has 1 N–H and O–H groups in total. The van der Waals surface area contributed by atoms with Crippen LogP contribution in [0.15, 0.2) is 35.2 Å². The number of hydrogen-bond donors (Lipinski definition) is 1. The van der Waals surface area contributed by atoms with Crippen molar-refractivity contribution in [2.45, 2.75) is 44.0 Å². The molecular formula is C16H27NO2S2. The molecule has 1 unspecified atom stereocenters. The average molecular weight is 330 g/mol. The number of thioether (sulfide) groups is 1. The summed E-state index contributed by atoms with van der Waals surface area (Å²) >= 11 is 1.83. The summed E-state index contributed by atoms with van der Waals surface area (Å²) < 4.78 is 23.1. The van der Waals surface area contributed by atoms with Gasteiger partial charge in [-0.25, -0.2) is 8.42 Å². The second-order valence-electron chi connectivity index (χ2n) is 5.15. The minimum Gasteiger partial charge on any atom is -0.313 e. The van der Waals surface area contributed by atoms with Crippen molar-refractivity contribution in [2.24, 2.45) is 0 Å². The van der Waals surface area contributed by atoms with E-state index < -0.39 is 9.84 Å². The molecule has 1 aromatic rings. The molecule has 0 saturated heterocycles. The van der Waals surface area contributed by atoms with Gasteiger partial charge in [-0.15, -0.1) is 11.8 Å². The summed E-state index contributed by atoms with van der Waals surface area (Å²) in [6, 6.07) is 10.7. The van der Waals surface area contributed by atoms with Crippen molar-refractivity contribution < 1.29 is 8.42 Å². The van der Waals surface area contributed by atoms with Gasteiger partial charge >= 0.3 is 0 Å². The minimum atomic E-state index is -2.84. The molecule has 0 radical (unpaired) electrons. The number of hydrogen-bond acceptors (Lipinski definition) is 4. The monoisotopic (exact) mass is 329 g/mol. The van der Waals surface area contributed by atoms with Crippen LogP contribution in [-0.4, -0.2) is 38.3 Å². The molecule has 0 heterocycles. The van der Waals surface area contributed by atoms with E-state index in [2.05, 4.69) is 24.4 Å². The second kappa shape index (κ2) is 10.2. The van der Waals surface area contributed by atoms with E-state index in [1.165, 1.54) is 4.90 Å². The summed E-state index contributed by atoms with van der Waals surface area (Å²) in [7, 11) is -2.84. The lowest BCUT2D eigenvalue weighted by atomic mass is 10.2. The zero-order chi connectivity index (χ0) is 15.6. The third kappa shape index (κ3) is 8.49. The molecule has 120 valence electrons. The summed E-state index contributed by atoms with van der Waals surface area (Å²) in [4.78, 5) is 1.27. The zero-order valence-electron chi connectivity index (χ0n) is 13.0. The minimum absolute atomic E-state index is 0.249. The van der Waals surface area contributed by atoms with Gasteiger partial charge in [0.2, 0.25) is 0 Å². The lowest BCUT2D eigenvalue weighted by Crippen LogP contribution is -2.32. The molecule has 5 heteroatoms. The van der Waals surface area contributed by atoms with E-state index in [1.54, 1.807) is 6.92 Å². The summed E-state index contributed by atoms with van der Waals surface area (Å²) in [5.41, 5.74) is 0. The number of rotatable bonds is 11. The summed E-state index contributed by atoms with van der Waals surface area (Å²) in [6.45, 7) is 4.85. The fourth-order valence-electron chi connectivity index (χ4n) is 2.00. The van der Waals surface area contributed by atoms with E-state index in [4.69, 9.17) is 0 Å². The lowest BCUT2D eigenvalue weighted by Gasteiger charge is -2.18. The van der Waals surface area contributed by atoms with Gasteiger partial charge in [0.05, 0.1) is 5.75 Å². The Bertz CT molecular complexity index is 474. The topological polar surface area (TPSA) is 46.2 Å². The Labute approximate surface area is 133 Å². The predicted molar refractivity (Wildman–Crippen MR) is 92.8 cm³/mol. The second-order valence-corrected chi connectivity index (χ2v) is 8.72. The molecule has 21 heavy (non-hydrogen) atoms. The quantitative estimate of drug-likeness (QED) is 0.632. The largest absolute Gasteiger partial charge is 0.313 e. The van der Waals surface area contributed by atoms with Crippen LogP contribution in [0, 0.1) is 0 Å². The summed E-state index contributed by atoms with van der Waals surface area (Å²) in [5, 5.41) is 3.53. The van der Waals surface area contributed by atoms with Crippen molar-refractivity contribution in [2.75, 3.05) is 23.8 Å². The highest BCUT2D eigenvalue weighted by molar-refractivity contribution is 7.99. The van der Waals surface area contributed by atoms with Crippen LogP contribution in [-0.2, 0) is 9.84 Å². The van der Waals surface area contributed by atoms with Crippen LogP contribution in [0.1, 0.15) is 33.1 Å². The molecular weight excluding hydrogens is 302 g/mol. The van der Waals surface area contributed by atoms with E-state index in [-0.39, 0.29) is 5.75 Å². The normalized spacial score (nSPS) is 13.2. The van der Waals surface area contributed by atoms with Crippen molar-refractivity contribution in [1.82, 2.24) is 5.32 Å². The Balaban J connectivity index is 2.40. The van der Waals surface area contributed by atoms with E-state index in [1.807, 2.05) is 30.0 Å². The van der Waals surface area contributed by atoms with Crippen molar-refractivity contribution in [1.29, 1.82) is 0 Å². The molecule has 1 atom stereocenters. The predicted octanol–water partition coefficient (Wildman–Crippen LogP) is 3.36. The highest BCUT2D eigenvalue weighted by Crippen LogP contribution is 2.19. The Morgan fingerprint density at radius 1 is 1.19 bits per heavy atom. The lowest BCUT2D eigenvalue weighted by molar-refractivity contribution is 0.512. The van der Waals surface area contributed by atoms with Gasteiger partial charge in [0.1, 0.15) is 9.84 Å². The zero-order valence-corrected chi connectivity index (χ0v) is 14.7. The molecule has 0 spiro atoms. The molecule has 0 aliphatic heterocycles. The first kappa shape index (κ1) is 18.5. The molecule has 0 aliphatic carbocycles. The van der Waals surface area contributed by atoms with Crippen LogP contribution < -0.4 is 5.32 Å². The van der Waals surface area contributed by atoms with Crippen LogP contribution in [0.25, 0.3) is 0 Å². The van der Waals surface area contributed by atoms with Gasteiger partial charge in [-0.1, -0.05) is 32.0 Å². The highest BCUT2D eigenvalue weighted by atomic mass is 32.2. The maximum Gasteiger partial charge on any atom is 0.150 e.